The zero-order chi connectivity index (χ0) is 13.4. The third-order valence-electron chi connectivity index (χ3n) is 2.83. The summed E-state index contributed by atoms with van der Waals surface area (Å²) >= 11 is 1.81. The Morgan fingerprint density at radius 3 is 2.67 bits per heavy atom. The molecule has 0 atom stereocenters. The van der Waals surface area contributed by atoms with Crippen LogP contribution < -0.4 is 10.2 Å². The van der Waals surface area contributed by atoms with E-state index < -0.39 is 0 Å². The summed E-state index contributed by atoms with van der Waals surface area (Å²) < 4.78 is 1.38. The average molecular weight is 264 g/mol. The van der Waals surface area contributed by atoms with Crippen LogP contribution in [-0.4, -0.2) is 26.7 Å². The van der Waals surface area contributed by atoms with Gasteiger partial charge in [-0.15, -0.1) is 11.3 Å². The van der Waals surface area contributed by atoms with Gasteiger partial charge in [0.15, 0.2) is 0 Å². The molecule has 0 unspecified atom stereocenters. The monoisotopic (exact) mass is 264 g/mol. The van der Waals surface area contributed by atoms with E-state index in [-0.39, 0.29) is 0 Å². The molecule has 0 amide bonds. The van der Waals surface area contributed by atoms with Crippen LogP contribution in [0.5, 0.6) is 0 Å². The molecular formula is C15H24N2S. The van der Waals surface area contributed by atoms with Crippen molar-refractivity contribution in [1.82, 2.24) is 5.32 Å². The fourth-order valence-corrected chi connectivity index (χ4v) is 2.76. The van der Waals surface area contributed by atoms with Gasteiger partial charge in [0.05, 0.1) is 0 Å². The number of fused-ring (bicyclic) bond motifs is 1. The van der Waals surface area contributed by atoms with Gasteiger partial charge in [-0.1, -0.05) is 19.9 Å². The number of anilines is 1. The third kappa shape index (κ3) is 3.47. The summed E-state index contributed by atoms with van der Waals surface area (Å²) in [5, 5.41) is 6.75. The van der Waals surface area contributed by atoms with Crippen molar-refractivity contribution in [3.8, 4) is 0 Å². The molecule has 0 radical (unpaired) electrons. The van der Waals surface area contributed by atoms with Gasteiger partial charge in [0.1, 0.15) is 0 Å². The lowest BCUT2D eigenvalue weighted by Gasteiger charge is -2.23. The Balaban J connectivity index is 0.000000771. The molecule has 3 heteroatoms. The SMILES string of the molecule is CC.CCN(CCNC)c1cccc2sccc12. The van der Waals surface area contributed by atoms with Gasteiger partial charge in [0.25, 0.3) is 0 Å². The van der Waals surface area contributed by atoms with Crippen LogP contribution >= 0.6 is 11.3 Å². The Morgan fingerprint density at radius 2 is 2.00 bits per heavy atom. The smallest absolute Gasteiger partial charge is 0.0454 e. The summed E-state index contributed by atoms with van der Waals surface area (Å²) in [5.41, 5.74) is 1.36. The van der Waals surface area contributed by atoms with E-state index in [0.717, 1.165) is 19.6 Å². The molecule has 1 N–H and O–H groups in total. The minimum Gasteiger partial charge on any atom is -0.370 e. The van der Waals surface area contributed by atoms with Gasteiger partial charge in [-0.2, -0.15) is 0 Å². The van der Waals surface area contributed by atoms with Gasteiger partial charge >= 0.3 is 0 Å². The van der Waals surface area contributed by atoms with Crippen LogP contribution in [0.4, 0.5) is 5.69 Å². The first-order valence-corrected chi connectivity index (χ1v) is 7.60. The molecule has 0 saturated heterocycles. The molecule has 1 aromatic heterocycles. The van der Waals surface area contributed by atoms with Crippen LogP contribution in [0.25, 0.3) is 10.1 Å². The first kappa shape index (κ1) is 15.0. The largest absolute Gasteiger partial charge is 0.370 e. The molecule has 1 aromatic carbocycles. The highest BCUT2D eigenvalue weighted by molar-refractivity contribution is 7.17. The topological polar surface area (TPSA) is 15.3 Å². The highest BCUT2D eigenvalue weighted by Gasteiger charge is 2.08. The molecule has 0 aliphatic heterocycles. The highest BCUT2D eigenvalue weighted by atomic mass is 32.1. The van der Waals surface area contributed by atoms with Crippen LogP contribution in [0.2, 0.25) is 0 Å². The molecule has 2 aromatic rings. The van der Waals surface area contributed by atoms with Crippen molar-refractivity contribution in [3.63, 3.8) is 0 Å². The fourth-order valence-electron chi connectivity index (χ4n) is 1.95. The van der Waals surface area contributed by atoms with Gasteiger partial charge in [-0.25, -0.2) is 0 Å². The number of hydrogen-bond acceptors (Lipinski definition) is 3. The molecule has 0 fully saturated rings. The molecule has 0 aliphatic rings. The average Bonchev–Trinajstić information content (AvgIpc) is 2.91. The van der Waals surface area contributed by atoms with Crippen molar-refractivity contribution >= 4 is 27.1 Å². The molecule has 100 valence electrons. The number of thiophene rings is 1. The number of nitrogens with one attached hydrogen (secondary N) is 1. The van der Waals surface area contributed by atoms with Crippen molar-refractivity contribution in [2.75, 3.05) is 31.6 Å². The Kier molecular flexibility index (Phi) is 6.76. The van der Waals surface area contributed by atoms with Crippen molar-refractivity contribution in [3.05, 3.63) is 29.6 Å². The lowest BCUT2D eigenvalue weighted by molar-refractivity contribution is 0.738. The maximum atomic E-state index is 3.21. The normalized spacial score (nSPS) is 10.0. The molecule has 0 saturated carbocycles. The zero-order valence-corrected chi connectivity index (χ0v) is 12.7. The second-order valence-corrected chi connectivity index (χ2v) is 4.74. The third-order valence-corrected chi connectivity index (χ3v) is 3.71. The summed E-state index contributed by atoms with van der Waals surface area (Å²) in [4.78, 5) is 2.42. The summed E-state index contributed by atoms with van der Waals surface area (Å²) in [6, 6.07) is 8.77. The van der Waals surface area contributed by atoms with Crippen molar-refractivity contribution in [2.45, 2.75) is 20.8 Å². The summed E-state index contributed by atoms with van der Waals surface area (Å²) in [6.45, 7) is 9.34. The van der Waals surface area contributed by atoms with Gasteiger partial charge in [0.2, 0.25) is 0 Å². The number of likely N-dealkylation sites (N-methyl/N-ethyl adjacent to an activating group) is 2. The van der Waals surface area contributed by atoms with E-state index in [9.17, 15) is 0 Å². The predicted molar refractivity (Wildman–Crippen MR) is 85.0 cm³/mol. The highest BCUT2D eigenvalue weighted by Crippen LogP contribution is 2.30. The second-order valence-electron chi connectivity index (χ2n) is 3.79. The van der Waals surface area contributed by atoms with Gasteiger partial charge in [0, 0.05) is 35.4 Å². The minimum absolute atomic E-state index is 1.02. The predicted octanol–water partition coefficient (Wildman–Crippen LogP) is 3.97. The number of nitrogens with zero attached hydrogens (tertiary/aromatic N) is 1. The molecule has 0 bridgehead atoms. The first-order chi connectivity index (χ1) is 8.86. The number of rotatable bonds is 5. The van der Waals surface area contributed by atoms with Gasteiger partial charge in [-0.05, 0) is 37.6 Å². The number of benzene rings is 1. The van der Waals surface area contributed by atoms with Crippen LogP contribution in [0, 0.1) is 0 Å². The standard InChI is InChI=1S/C13H18N2S.C2H6/c1-3-15(9-8-14-2)12-5-4-6-13-11(12)7-10-16-13;1-2/h4-7,10,14H,3,8-9H2,1-2H3;1-2H3. The fraction of sp³-hybridized carbons (Fsp3) is 0.467. The van der Waals surface area contributed by atoms with Crippen molar-refractivity contribution in [2.24, 2.45) is 0 Å². The maximum absolute atomic E-state index is 3.21. The van der Waals surface area contributed by atoms with Crippen LogP contribution in [0.1, 0.15) is 20.8 Å². The van der Waals surface area contributed by atoms with E-state index in [4.69, 9.17) is 0 Å². The summed E-state index contributed by atoms with van der Waals surface area (Å²) in [7, 11) is 2.00. The van der Waals surface area contributed by atoms with Gasteiger partial charge < -0.3 is 10.2 Å². The zero-order valence-electron chi connectivity index (χ0n) is 11.9. The van der Waals surface area contributed by atoms with Crippen LogP contribution in [-0.2, 0) is 0 Å². The maximum Gasteiger partial charge on any atom is 0.0454 e. The molecule has 2 nitrogen and oxygen atoms in total. The number of hydrogen-bond donors (Lipinski definition) is 1. The molecule has 0 aliphatic carbocycles. The van der Waals surface area contributed by atoms with Crippen molar-refractivity contribution < 1.29 is 0 Å². The van der Waals surface area contributed by atoms with Crippen LogP contribution in [0.15, 0.2) is 29.6 Å². The summed E-state index contributed by atoms with van der Waals surface area (Å²) in [5.74, 6) is 0. The quantitative estimate of drug-likeness (QED) is 0.879. The first-order valence-electron chi connectivity index (χ1n) is 6.72. The Bertz CT molecular complexity index is 450. The van der Waals surface area contributed by atoms with E-state index in [0.29, 0.717) is 0 Å². The van der Waals surface area contributed by atoms with E-state index in [1.165, 1.54) is 15.8 Å². The Hall–Kier alpha value is -1.06. The summed E-state index contributed by atoms with van der Waals surface area (Å²) in [6.07, 6.45) is 0. The van der Waals surface area contributed by atoms with E-state index in [1.807, 2.05) is 32.2 Å². The molecule has 2 rings (SSSR count). The molecule has 1 heterocycles. The second kappa shape index (κ2) is 8.11. The lowest BCUT2D eigenvalue weighted by atomic mass is 10.2. The molecular weight excluding hydrogens is 240 g/mol. The van der Waals surface area contributed by atoms with E-state index in [1.54, 1.807) is 0 Å². The van der Waals surface area contributed by atoms with E-state index in [2.05, 4.69) is 46.8 Å². The van der Waals surface area contributed by atoms with Crippen molar-refractivity contribution in [1.29, 1.82) is 0 Å². The van der Waals surface area contributed by atoms with Gasteiger partial charge in [-0.3, -0.25) is 0 Å². The van der Waals surface area contributed by atoms with Crippen LogP contribution in [0.3, 0.4) is 0 Å². The lowest BCUT2D eigenvalue weighted by Crippen LogP contribution is -2.30. The minimum atomic E-state index is 1.02. The Labute approximate surface area is 115 Å². The van der Waals surface area contributed by atoms with E-state index >= 15 is 0 Å². The molecule has 0 spiro atoms. The Morgan fingerprint density at radius 1 is 1.22 bits per heavy atom. The molecule has 18 heavy (non-hydrogen) atoms.